The van der Waals surface area contributed by atoms with Crippen LogP contribution in [0.4, 0.5) is 0 Å². The van der Waals surface area contributed by atoms with E-state index in [0.717, 1.165) is 0 Å². The van der Waals surface area contributed by atoms with Crippen LogP contribution in [0.5, 0.6) is 0 Å². The minimum absolute atomic E-state index is 0.0624. The van der Waals surface area contributed by atoms with Gasteiger partial charge in [0.15, 0.2) is 0 Å². The topological polar surface area (TPSA) is 231 Å². The molecule has 0 saturated heterocycles. The lowest BCUT2D eigenvalue weighted by molar-refractivity contribution is -0.143. The molecular formula is C21H37N5O8. The molecule has 0 fully saturated rings. The lowest BCUT2D eigenvalue weighted by atomic mass is 9.99. The number of nitrogens with two attached hydrogens (primary N) is 2. The van der Waals surface area contributed by atoms with E-state index in [4.69, 9.17) is 16.6 Å². The number of primary amides is 1. The van der Waals surface area contributed by atoms with Crippen molar-refractivity contribution in [3.05, 3.63) is 0 Å². The first kappa shape index (κ1) is 30.8. The first-order valence-corrected chi connectivity index (χ1v) is 11.0. The number of hydrogen-bond acceptors (Lipinski definition) is 7. The van der Waals surface area contributed by atoms with Gasteiger partial charge in [-0.25, -0.2) is 4.79 Å². The van der Waals surface area contributed by atoms with Gasteiger partial charge in [-0.3, -0.25) is 24.0 Å². The number of aliphatic carboxylic acids is 2. The number of carbonyl (C=O) groups excluding carboxylic acids is 4. The Morgan fingerprint density at radius 2 is 1.29 bits per heavy atom. The van der Waals surface area contributed by atoms with Crippen molar-refractivity contribution >= 4 is 35.6 Å². The maximum absolute atomic E-state index is 12.9. The highest BCUT2D eigenvalue weighted by atomic mass is 16.4. The van der Waals surface area contributed by atoms with E-state index in [9.17, 15) is 33.9 Å². The molecule has 0 rings (SSSR count). The summed E-state index contributed by atoms with van der Waals surface area (Å²) in [5.41, 5.74) is 10.7. The van der Waals surface area contributed by atoms with Crippen molar-refractivity contribution in [3.8, 4) is 0 Å². The Hall–Kier alpha value is -3.22. The Morgan fingerprint density at radius 3 is 1.74 bits per heavy atom. The summed E-state index contributed by atoms with van der Waals surface area (Å²) in [5.74, 6) is -5.90. The summed E-state index contributed by atoms with van der Waals surface area (Å²) in [6, 6.07) is -4.79. The normalized spacial score (nSPS) is 14.6. The Morgan fingerprint density at radius 1 is 0.765 bits per heavy atom. The number of rotatable bonds is 16. The van der Waals surface area contributed by atoms with Gasteiger partial charge in [-0.05, 0) is 31.1 Å². The second kappa shape index (κ2) is 14.8. The zero-order chi connectivity index (χ0) is 26.6. The lowest BCUT2D eigenvalue weighted by Gasteiger charge is -2.26. The first-order chi connectivity index (χ1) is 15.6. The average Bonchev–Trinajstić information content (AvgIpc) is 2.70. The van der Waals surface area contributed by atoms with Crippen molar-refractivity contribution in [2.75, 3.05) is 0 Å². The molecular weight excluding hydrogens is 450 g/mol. The summed E-state index contributed by atoms with van der Waals surface area (Å²) in [6.07, 6.45) is -0.796. The molecule has 0 aliphatic rings. The van der Waals surface area contributed by atoms with Crippen molar-refractivity contribution in [1.82, 2.24) is 16.0 Å². The molecule has 0 aromatic rings. The Labute approximate surface area is 198 Å². The zero-order valence-electron chi connectivity index (χ0n) is 20.0. The van der Waals surface area contributed by atoms with Crippen LogP contribution in [0.15, 0.2) is 0 Å². The van der Waals surface area contributed by atoms with Gasteiger partial charge in [-0.1, -0.05) is 27.7 Å². The van der Waals surface area contributed by atoms with Gasteiger partial charge < -0.3 is 37.6 Å². The summed E-state index contributed by atoms with van der Waals surface area (Å²) >= 11 is 0. The van der Waals surface area contributed by atoms with E-state index in [-0.39, 0.29) is 31.6 Å². The molecule has 4 atom stereocenters. The van der Waals surface area contributed by atoms with Crippen LogP contribution in [0.1, 0.15) is 59.8 Å². The highest BCUT2D eigenvalue weighted by molar-refractivity contribution is 5.94. The van der Waals surface area contributed by atoms with Gasteiger partial charge in [-0.15, -0.1) is 0 Å². The summed E-state index contributed by atoms with van der Waals surface area (Å²) in [6.45, 7) is 6.83. The van der Waals surface area contributed by atoms with Gasteiger partial charge in [0.25, 0.3) is 0 Å². The molecule has 0 radical (unpaired) electrons. The molecule has 9 N–H and O–H groups in total. The predicted octanol–water partition coefficient (Wildman–Crippen LogP) is -1.31. The van der Waals surface area contributed by atoms with Crippen molar-refractivity contribution in [2.45, 2.75) is 84.0 Å². The lowest BCUT2D eigenvalue weighted by Crippen LogP contribution is -2.58. The van der Waals surface area contributed by atoms with Gasteiger partial charge in [0.1, 0.15) is 18.1 Å². The van der Waals surface area contributed by atoms with Crippen LogP contribution < -0.4 is 27.4 Å². The van der Waals surface area contributed by atoms with Gasteiger partial charge in [0.2, 0.25) is 23.6 Å². The van der Waals surface area contributed by atoms with E-state index in [1.807, 2.05) is 0 Å². The first-order valence-electron chi connectivity index (χ1n) is 11.0. The second-order valence-corrected chi connectivity index (χ2v) is 8.86. The Balaban J connectivity index is 5.54. The van der Waals surface area contributed by atoms with E-state index in [1.165, 1.54) is 0 Å². The third-order valence-electron chi connectivity index (χ3n) is 4.89. The van der Waals surface area contributed by atoms with Crippen LogP contribution in [-0.2, 0) is 28.8 Å². The van der Waals surface area contributed by atoms with E-state index >= 15 is 0 Å². The van der Waals surface area contributed by atoms with Gasteiger partial charge in [0, 0.05) is 12.8 Å². The number of carbonyl (C=O) groups is 6. The molecule has 0 aromatic heterocycles. The van der Waals surface area contributed by atoms with Crippen LogP contribution in [0.2, 0.25) is 0 Å². The standard InChI is InChI=1S/C21H37N5O8/c1-10(2)9-14(20(32)26-17(11(3)4)21(33)34)25-19(31)13(6-8-16(28)29)24-18(30)12(22)5-7-15(23)27/h10-14,17H,5-9,22H2,1-4H3,(H2,23,27)(H,24,30)(H,25,31)(H,26,32)(H,28,29)(H,33,34). The molecule has 0 aliphatic heterocycles. The summed E-state index contributed by atoms with van der Waals surface area (Å²) < 4.78 is 0. The number of amides is 4. The molecule has 4 unspecified atom stereocenters. The fourth-order valence-corrected chi connectivity index (χ4v) is 2.99. The molecule has 4 amide bonds. The number of carboxylic acids is 2. The van der Waals surface area contributed by atoms with Crippen molar-refractivity contribution in [1.29, 1.82) is 0 Å². The highest BCUT2D eigenvalue weighted by Gasteiger charge is 2.31. The third-order valence-corrected chi connectivity index (χ3v) is 4.89. The maximum atomic E-state index is 12.9. The monoisotopic (exact) mass is 487 g/mol. The number of nitrogens with one attached hydrogen (secondary N) is 3. The molecule has 0 heterocycles. The van der Waals surface area contributed by atoms with Crippen LogP contribution in [0.25, 0.3) is 0 Å². The molecule has 0 saturated carbocycles. The largest absolute Gasteiger partial charge is 0.481 e. The fraction of sp³-hybridized carbons (Fsp3) is 0.714. The van der Waals surface area contributed by atoms with E-state index < -0.39 is 72.1 Å². The Kier molecular flexibility index (Phi) is 13.4. The van der Waals surface area contributed by atoms with Gasteiger partial charge in [0.05, 0.1) is 6.04 Å². The predicted molar refractivity (Wildman–Crippen MR) is 121 cm³/mol. The maximum Gasteiger partial charge on any atom is 0.326 e. The fourth-order valence-electron chi connectivity index (χ4n) is 2.99. The van der Waals surface area contributed by atoms with E-state index in [2.05, 4.69) is 16.0 Å². The molecule has 34 heavy (non-hydrogen) atoms. The quantitative estimate of drug-likeness (QED) is 0.137. The van der Waals surface area contributed by atoms with Gasteiger partial charge >= 0.3 is 11.9 Å². The minimum Gasteiger partial charge on any atom is -0.481 e. The van der Waals surface area contributed by atoms with Crippen molar-refractivity contribution in [3.63, 3.8) is 0 Å². The Bertz CT molecular complexity index is 755. The second-order valence-electron chi connectivity index (χ2n) is 8.86. The van der Waals surface area contributed by atoms with E-state index in [1.54, 1.807) is 27.7 Å². The molecule has 13 nitrogen and oxygen atoms in total. The summed E-state index contributed by atoms with van der Waals surface area (Å²) in [4.78, 5) is 71.4. The van der Waals surface area contributed by atoms with Crippen LogP contribution in [-0.4, -0.2) is 69.9 Å². The molecule has 0 aliphatic carbocycles. The summed E-state index contributed by atoms with van der Waals surface area (Å²) in [5, 5.41) is 25.6. The smallest absolute Gasteiger partial charge is 0.326 e. The minimum atomic E-state index is -1.33. The van der Waals surface area contributed by atoms with Crippen LogP contribution in [0.3, 0.4) is 0 Å². The van der Waals surface area contributed by atoms with Crippen molar-refractivity contribution in [2.24, 2.45) is 23.3 Å². The molecule has 0 spiro atoms. The number of hydrogen-bond donors (Lipinski definition) is 7. The SMILES string of the molecule is CC(C)CC(NC(=O)C(CCC(=O)O)NC(=O)C(N)CCC(N)=O)C(=O)NC(C(=O)O)C(C)C. The third kappa shape index (κ3) is 12.1. The molecule has 13 heteroatoms. The molecule has 0 bridgehead atoms. The van der Waals surface area contributed by atoms with Gasteiger partial charge in [-0.2, -0.15) is 0 Å². The summed E-state index contributed by atoms with van der Waals surface area (Å²) in [7, 11) is 0. The van der Waals surface area contributed by atoms with Crippen LogP contribution >= 0.6 is 0 Å². The molecule has 194 valence electrons. The highest BCUT2D eigenvalue weighted by Crippen LogP contribution is 2.09. The zero-order valence-corrected chi connectivity index (χ0v) is 20.0. The average molecular weight is 488 g/mol. The molecule has 0 aromatic carbocycles. The van der Waals surface area contributed by atoms with E-state index in [0.29, 0.717) is 0 Å². The van der Waals surface area contributed by atoms with Crippen molar-refractivity contribution < 1.29 is 39.0 Å². The van der Waals surface area contributed by atoms with Crippen LogP contribution in [0, 0.1) is 11.8 Å². The number of carboxylic acid groups (broad SMARTS) is 2.